The topological polar surface area (TPSA) is 41.1 Å². The number of carbonyl (C=O) groups excluding carboxylic acids is 1. The highest BCUT2D eigenvalue weighted by atomic mass is 16.2. The van der Waals surface area contributed by atoms with Crippen LogP contribution in [0.2, 0.25) is 0 Å². The first kappa shape index (κ1) is 15.7. The minimum absolute atomic E-state index is 0.0218. The molecule has 106 valence electrons. The van der Waals surface area contributed by atoms with Gasteiger partial charge in [0.2, 0.25) is 5.91 Å². The lowest BCUT2D eigenvalue weighted by Gasteiger charge is -2.19. The van der Waals surface area contributed by atoms with Gasteiger partial charge in [0.05, 0.1) is 6.04 Å². The SMILES string of the molecule is CCCCCC(C)NC(C)C(=O)Nc1ccccc1. The van der Waals surface area contributed by atoms with Crippen LogP contribution in [0, 0.1) is 0 Å². The maximum Gasteiger partial charge on any atom is 0.241 e. The molecule has 3 nitrogen and oxygen atoms in total. The van der Waals surface area contributed by atoms with E-state index in [4.69, 9.17) is 0 Å². The molecule has 0 aliphatic carbocycles. The average molecular weight is 262 g/mol. The summed E-state index contributed by atoms with van der Waals surface area (Å²) in [5.41, 5.74) is 0.847. The smallest absolute Gasteiger partial charge is 0.241 e. The Morgan fingerprint density at radius 2 is 1.84 bits per heavy atom. The van der Waals surface area contributed by atoms with Gasteiger partial charge in [-0.2, -0.15) is 0 Å². The Hall–Kier alpha value is -1.35. The van der Waals surface area contributed by atoms with E-state index < -0.39 is 0 Å². The van der Waals surface area contributed by atoms with E-state index in [-0.39, 0.29) is 11.9 Å². The molecule has 1 rings (SSSR count). The standard InChI is InChI=1S/C16H26N2O/c1-4-5-7-10-13(2)17-14(3)16(19)18-15-11-8-6-9-12-15/h6,8-9,11-14,17H,4-5,7,10H2,1-3H3,(H,18,19). The molecule has 1 aromatic carbocycles. The summed E-state index contributed by atoms with van der Waals surface area (Å²) >= 11 is 0. The molecule has 0 spiro atoms. The van der Waals surface area contributed by atoms with E-state index in [0.717, 1.165) is 12.1 Å². The van der Waals surface area contributed by atoms with Crippen LogP contribution in [0.15, 0.2) is 30.3 Å². The molecule has 0 aliphatic rings. The monoisotopic (exact) mass is 262 g/mol. The Bertz CT molecular complexity index is 364. The fourth-order valence-corrected chi connectivity index (χ4v) is 2.06. The van der Waals surface area contributed by atoms with Gasteiger partial charge in [-0.1, -0.05) is 44.4 Å². The molecule has 2 atom stereocenters. The number of rotatable bonds is 8. The van der Waals surface area contributed by atoms with Gasteiger partial charge in [0, 0.05) is 11.7 Å². The largest absolute Gasteiger partial charge is 0.325 e. The van der Waals surface area contributed by atoms with Crippen LogP contribution in [0.5, 0.6) is 0 Å². The van der Waals surface area contributed by atoms with Crippen molar-refractivity contribution in [2.75, 3.05) is 5.32 Å². The third-order valence-electron chi connectivity index (χ3n) is 3.21. The quantitative estimate of drug-likeness (QED) is 0.703. The number of hydrogen-bond acceptors (Lipinski definition) is 2. The van der Waals surface area contributed by atoms with Crippen molar-refractivity contribution in [3.63, 3.8) is 0 Å². The van der Waals surface area contributed by atoms with Crippen molar-refractivity contribution in [2.45, 2.75) is 58.5 Å². The van der Waals surface area contributed by atoms with Gasteiger partial charge in [0.15, 0.2) is 0 Å². The number of hydrogen-bond donors (Lipinski definition) is 2. The van der Waals surface area contributed by atoms with E-state index in [2.05, 4.69) is 24.5 Å². The van der Waals surface area contributed by atoms with Crippen molar-refractivity contribution in [3.05, 3.63) is 30.3 Å². The molecule has 0 bridgehead atoms. The highest BCUT2D eigenvalue weighted by Crippen LogP contribution is 2.07. The zero-order valence-electron chi connectivity index (χ0n) is 12.3. The molecular formula is C16H26N2O. The van der Waals surface area contributed by atoms with E-state index in [1.165, 1.54) is 19.3 Å². The first-order valence-electron chi connectivity index (χ1n) is 7.25. The fourth-order valence-electron chi connectivity index (χ4n) is 2.06. The highest BCUT2D eigenvalue weighted by molar-refractivity contribution is 5.94. The van der Waals surface area contributed by atoms with E-state index in [0.29, 0.717) is 6.04 Å². The Morgan fingerprint density at radius 3 is 2.47 bits per heavy atom. The van der Waals surface area contributed by atoms with Gasteiger partial charge in [-0.15, -0.1) is 0 Å². The van der Waals surface area contributed by atoms with Crippen LogP contribution in [0.1, 0.15) is 46.5 Å². The molecule has 2 unspecified atom stereocenters. The molecule has 1 aromatic rings. The second-order valence-electron chi connectivity index (χ2n) is 5.14. The maximum atomic E-state index is 12.0. The summed E-state index contributed by atoms with van der Waals surface area (Å²) in [5, 5.41) is 6.26. The van der Waals surface area contributed by atoms with Crippen molar-refractivity contribution in [3.8, 4) is 0 Å². The van der Waals surface area contributed by atoms with Crippen molar-refractivity contribution in [1.29, 1.82) is 0 Å². The summed E-state index contributed by atoms with van der Waals surface area (Å²) in [6, 6.07) is 9.78. The van der Waals surface area contributed by atoms with Gasteiger partial charge in [0.25, 0.3) is 0 Å². The Labute approximate surface area is 116 Å². The lowest BCUT2D eigenvalue weighted by molar-refractivity contribution is -0.117. The van der Waals surface area contributed by atoms with E-state index in [9.17, 15) is 4.79 Å². The molecule has 0 aliphatic heterocycles. The summed E-state index contributed by atoms with van der Waals surface area (Å²) in [6.45, 7) is 6.25. The number of unbranched alkanes of at least 4 members (excludes halogenated alkanes) is 2. The first-order valence-corrected chi connectivity index (χ1v) is 7.25. The van der Waals surface area contributed by atoms with Crippen LogP contribution in [0.25, 0.3) is 0 Å². The lowest BCUT2D eigenvalue weighted by atomic mass is 10.1. The van der Waals surface area contributed by atoms with Gasteiger partial charge in [0.1, 0.15) is 0 Å². The Kier molecular flexibility index (Phi) is 7.19. The van der Waals surface area contributed by atoms with Crippen LogP contribution in [0.4, 0.5) is 5.69 Å². The van der Waals surface area contributed by atoms with Crippen molar-refractivity contribution in [2.24, 2.45) is 0 Å². The lowest BCUT2D eigenvalue weighted by Crippen LogP contribution is -2.42. The molecule has 3 heteroatoms. The van der Waals surface area contributed by atoms with Crippen molar-refractivity contribution < 1.29 is 4.79 Å². The van der Waals surface area contributed by atoms with E-state index in [1.54, 1.807) is 0 Å². The molecule has 0 radical (unpaired) electrons. The predicted octanol–water partition coefficient (Wildman–Crippen LogP) is 3.57. The molecular weight excluding hydrogens is 236 g/mol. The fraction of sp³-hybridized carbons (Fsp3) is 0.562. The minimum Gasteiger partial charge on any atom is -0.325 e. The van der Waals surface area contributed by atoms with Crippen LogP contribution >= 0.6 is 0 Å². The zero-order chi connectivity index (χ0) is 14.1. The highest BCUT2D eigenvalue weighted by Gasteiger charge is 2.14. The summed E-state index contributed by atoms with van der Waals surface area (Å²) in [5.74, 6) is 0.0218. The number of nitrogens with one attached hydrogen (secondary N) is 2. The Morgan fingerprint density at radius 1 is 1.16 bits per heavy atom. The summed E-state index contributed by atoms with van der Waals surface area (Å²) in [6.07, 6.45) is 4.84. The predicted molar refractivity (Wildman–Crippen MR) is 81.3 cm³/mol. The second kappa shape index (κ2) is 8.70. The second-order valence-corrected chi connectivity index (χ2v) is 5.14. The number of amides is 1. The molecule has 19 heavy (non-hydrogen) atoms. The molecule has 2 N–H and O–H groups in total. The van der Waals surface area contributed by atoms with Crippen LogP contribution in [-0.2, 0) is 4.79 Å². The number of anilines is 1. The van der Waals surface area contributed by atoms with Gasteiger partial charge >= 0.3 is 0 Å². The molecule has 0 saturated heterocycles. The van der Waals surface area contributed by atoms with Gasteiger partial charge in [-0.25, -0.2) is 0 Å². The summed E-state index contributed by atoms with van der Waals surface area (Å²) in [4.78, 5) is 12.0. The van der Waals surface area contributed by atoms with E-state index in [1.807, 2.05) is 37.3 Å². The third kappa shape index (κ3) is 6.39. The zero-order valence-corrected chi connectivity index (χ0v) is 12.3. The first-order chi connectivity index (χ1) is 9.13. The molecule has 0 heterocycles. The number of benzene rings is 1. The van der Waals surface area contributed by atoms with Crippen LogP contribution < -0.4 is 10.6 Å². The molecule has 0 fully saturated rings. The Balaban J connectivity index is 2.32. The van der Waals surface area contributed by atoms with Crippen LogP contribution in [-0.4, -0.2) is 18.0 Å². The maximum absolute atomic E-state index is 12.0. The molecule has 0 saturated carbocycles. The summed E-state index contributed by atoms with van der Waals surface area (Å²) < 4.78 is 0. The number of carbonyl (C=O) groups is 1. The van der Waals surface area contributed by atoms with Gasteiger partial charge < -0.3 is 10.6 Å². The minimum atomic E-state index is -0.170. The van der Waals surface area contributed by atoms with E-state index >= 15 is 0 Å². The van der Waals surface area contributed by atoms with Crippen molar-refractivity contribution >= 4 is 11.6 Å². The third-order valence-corrected chi connectivity index (χ3v) is 3.21. The normalized spacial score (nSPS) is 13.8. The van der Waals surface area contributed by atoms with Crippen molar-refractivity contribution in [1.82, 2.24) is 5.32 Å². The molecule has 1 amide bonds. The number of para-hydroxylation sites is 1. The molecule has 0 aromatic heterocycles. The van der Waals surface area contributed by atoms with Gasteiger partial charge in [-0.3, -0.25) is 4.79 Å². The average Bonchev–Trinajstić information content (AvgIpc) is 2.40. The summed E-state index contributed by atoms with van der Waals surface area (Å²) in [7, 11) is 0. The van der Waals surface area contributed by atoms with Crippen LogP contribution in [0.3, 0.4) is 0 Å². The van der Waals surface area contributed by atoms with Gasteiger partial charge in [-0.05, 0) is 32.4 Å².